The second kappa shape index (κ2) is 24.0. The number of halogens is 4. The van der Waals surface area contributed by atoms with Gasteiger partial charge in [-0.2, -0.15) is 21.0 Å². The fourth-order valence-electron chi connectivity index (χ4n) is 11.6. The number of carbonyl (C=O) groups is 6. The lowest BCUT2D eigenvalue weighted by Crippen LogP contribution is -2.47. The maximum absolute atomic E-state index is 15.9. The van der Waals surface area contributed by atoms with E-state index in [1.165, 1.54) is 12.1 Å². The molecule has 0 saturated carbocycles. The van der Waals surface area contributed by atoms with Crippen molar-refractivity contribution in [2.75, 3.05) is 0 Å². The van der Waals surface area contributed by atoms with Crippen molar-refractivity contribution in [3.63, 3.8) is 0 Å². The summed E-state index contributed by atoms with van der Waals surface area (Å²) in [6, 6.07) is 44.9. The normalized spacial score (nSPS) is 14.7. The van der Waals surface area contributed by atoms with Gasteiger partial charge in [0.15, 0.2) is 23.3 Å². The number of benzene rings is 7. The van der Waals surface area contributed by atoms with Crippen LogP contribution in [0.3, 0.4) is 0 Å². The van der Waals surface area contributed by atoms with E-state index in [1.807, 2.05) is 0 Å². The van der Waals surface area contributed by atoms with Crippen LogP contribution >= 0.6 is 22.7 Å². The second-order valence-electron chi connectivity index (χ2n) is 21.2. The number of fused-ring (bicyclic) bond motifs is 8. The molecule has 13 rings (SSSR count). The minimum absolute atomic E-state index is 0.103. The van der Waals surface area contributed by atoms with Gasteiger partial charge in [-0.25, -0.2) is 37.5 Å². The number of nitriles is 4. The van der Waals surface area contributed by atoms with Crippen molar-refractivity contribution in [1.82, 2.24) is 9.97 Å². The number of aliphatic imine (C=N–C) groups is 2. The monoisotopic (exact) mass is 1290 g/mol. The number of Topliss-reactive ketones (excluding diaryl/α,β-unsaturated/α-hetero) is 2. The fourth-order valence-corrected chi connectivity index (χ4v) is 13.6. The molecule has 0 N–H and O–H groups in total. The highest BCUT2D eigenvalue weighted by Gasteiger charge is 2.65. The van der Waals surface area contributed by atoms with Crippen LogP contribution in [-0.2, 0) is 75.4 Å². The molecule has 0 saturated heterocycles. The molecule has 454 valence electrons. The third-order valence-electron chi connectivity index (χ3n) is 15.9. The van der Waals surface area contributed by atoms with Crippen molar-refractivity contribution in [3.05, 3.63) is 259 Å². The van der Waals surface area contributed by atoms with E-state index in [0.717, 1.165) is 0 Å². The number of ether oxygens (including phenoxy) is 4. The van der Waals surface area contributed by atoms with Crippen LogP contribution in [0.1, 0.15) is 76.6 Å². The van der Waals surface area contributed by atoms with Gasteiger partial charge in [0.2, 0.25) is 32.7 Å². The van der Waals surface area contributed by atoms with Gasteiger partial charge in [0.05, 0.1) is 21.1 Å². The van der Waals surface area contributed by atoms with Gasteiger partial charge >= 0.3 is 23.9 Å². The average molecular weight is 1290 g/mol. The van der Waals surface area contributed by atoms with E-state index >= 15 is 28.0 Å². The lowest BCUT2D eigenvalue weighted by Gasteiger charge is -2.28. The van der Waals surface area contributed by atoms with Crippen LogP contribution < -0.4 is 0 Å². The van der Waals surface area contributed by atoms with Gasteiger partial charge in [-0.1, -0.05) is 144 Å². The number of allylic oxidation sites excluding steroid dienone is 4. The van der Waals surface area contributed by atoms with Crippen molar-refractivity contribution in [2.24, 2.45) is 9.98 Å². The first-order chi connectivity index (χ1) is 45.5. The molecule has 0 fully saturated rings. The molecule has 9 aromatic rings. The summed E-state index contributed by atoms with van der Waals surface area (Å²) in [5, 5.41) is 39.8. The summed E-state index contributed by atoms with van der Waals surface area (Å²) in [5.74, 6) is -13.1. The Hall–Kier alpha value is -12.5. The lowest BCUT2D eigenvalue weighted by atomic mass is 9.76. The Morgan fingerprint density at radius 3 is 0.968 bits per heavy atom. The van der Waals surface area contributed by atoms with Gasteiger partial charge in [-0.15, -0.1) is 0 Å². The largest absolute Gasteiger partial charge is 0.459 e. The number of thiazole rings is 2. The number of hydrogen-bond acceptors (Lipinski definition) is 20. The summed E-state index contributed by atoms with van der Waals surface area (Å²) in [7, 11) is 0. The molecule has 0 radical (unpaired) electrons. The van der Waals surface area contributed by atoms with Crippen molar-refractivity contribution in [1.29, 1.82) is 21.0 Å². The van der Waals surface area contributed by atoms with E-state index in [9.17, 15) is 39.4 Å². The smallest absolute Gasteiger partial charge is 0.334 e. The van der Waals surface area contributed by atoms with Gasteiger partial charge in [-0.3, -0.25) is 28.8 Å². The Balaban J connectivity index is 1.09. The topological polar surface area (TPSA) is 285 Å². The van der Waals surface area contributed by atoms with E-state index in [-0.39, 0.29) is 43.1 Å². The van der Waals surface area contributed by atoms with Crippen molar-refractivity contribution < 1.29 is 65.3 Å². The van der Waals surface area contributed by atoms with Crippen LogP contribution in [0.2, 0.25) is 0 Å². The van der Waals surface area contributed by atoms with Gasteiger partial charge in [-0.05, 0) is 80.9 Å². The predicted molar refractivity (Wildman–Crippen MR) is 327 cm³/mol. The Morgan fingerprint density at radius 2 is 0.691 bits per heavy atom. The summed E-state index contributed by atoms with van der Waals surface area (Å²) in [6.45, 7) is -1.87. The fraction of sp³-hybridized carbons (Fsp3) is 0.0857. The predicted octanol–water partition coefficient (Wildman–Crippen LogP) is 12.2. The van der Waals surface area contributed by atoms with Crippen LogP contribution in [0.4, 0.5) is 27.8 Å². The number of hydrogen-bond donors (Lipinski definition) is 0. The van der Waals surface area contributed by atoms with Gasteiger partial charge in [0, 0.05) is 33.4 Å². The van der Waals surface area contributed by atoms with Crippen molar-refractivity contribution >= 4 is 90.9 Å². The minimum atomic E-state index is -2.85. The Kier molecular flexibility index (Phi) is 15.5. The quantitative estimate of drug-likeness (QED) is 0.0321. The molecule has 2 heterocycles. The van der Waals surface area contributed by atoms with Gasteiger partial charge < -0.3 is 18.9 Å². The average Bonchev–Trinajstić information content (AvgIpc) is 1.51. The highest BCUT2D eigenvalue weighted by molar-refractivity contribution is 7.19. The van der Waals surface area contributed by atoms with E-state index in [2.05, 4.69) is 9.98 Å². The summed E-state index contributed by atoms with van der Waals surface area (Å²) in [4.78, 5) is 111. The number of esters is 4. The molecule has 4 aliphatic carbocycles. The SMILES string of the molecule is N#CC(C#N)=C1/C(=N/c2nc3c(s2)-c2cc4c(cc2C3(C(=O)OCc2ccccc2)C(=O)OCc2ccccc2)-c2sc(/N=C3\C(=O)c5cc(F)c(F)cc5C3=C(C#N)C#N)nc2C4(C(=O)OCc2ccccc2)C(=O)OCc2ccccc2)C(=O)c2cc(F)c(F)cc21. The molecule has 0 bridgehead atoms. The van der Waals surface area contributed by atoms with Crippen LogP contribution in [-0.4, -0.2) is 56.8 Å². The van der Waals surface area contributed by atoms with Gasteiger partial charge in [0.1, 0.15) is 73.3 Å². The van der Waals surface area contributed by atoms with Crippen LogP contribution in [0.25, 0.3) is 32.0 Å². The maximum Gasteiger partial charge on any atom is 0.334 e. The molecular weight excluding hydrogens is 1250 g/mol. The molecule has 0 unspecified atom stereocenters. The highest BCUT2D eigenvalue weighted by Crippen LogP contribution is 2.61. The molecule has 18 nitrogen and oxygen atoms in total. The second-order valence-corrected chi connectivity index (χ2v) is 23.1. The standard InChI is InChI=1S/C70H34F4N8O10S2/c71-49-23-41-43(25-51(49)73)57(83)55(53(41)39(27-75)28-76)79-67-81-61-59(93-67)45-22-48-46(21-47(45)69(61,63(85)89-31-35-13-5-1-6-14-35)64(86)90-32-36-15-7-2-8-16-36)60-62(70(48,65(87)91-33-37-17-9-3-10-18-37)66(88)92-34-38-19-11-4-12-20-38)82-68(94-60)80-56-54(40(29-77)30-78)42-24-50(72)52(74)26-44(42)58(56)84/h1-26H,31-34H2/b79-55-,80-56-. The molecule has 0 amide bonds. The van der Waals surface area contributed by atoms with E-state index in [0.29, 0.717) is 69.2 Å². The number of aromatic nitrogens is 2. The molecule has 4 aliphatic rings. The Morgan fingerprint density at radius 1 is 0.415 bits per heavy atom. The number of nitrogens with zero attached hydrogens (tertiary/aromatic N) is 8. The molecule has 94 heavy (non-hydrogen) atoms. The van der Waals surface area contributed by atoms with Gasteiger partial charge in [0.25, 0.3) is 0 Å². The third-order valence-corrected chi connectivity index (χ3v) is 17.9. The molecule has 2 aromatic heterocycles. The minimum Gasteiger partial charge on any atom is -0.459 e. The van der Waals surface area contributed by atoms with Crippen molar-refractivity contribution in [2.45, 2.75) is 37.3 Å². The van der Waals surface area contributed by atoms with E-state index in [1.54, 1.807) is 146 Å². The molecule has 24 heteroatoms. The van der Waals surface area contributed by atoms with E-state index in [4.69, 9.17) is 28.9 Å². The zero-order valence-corrected chi connectivity index (χ0v) is 49.5. The molecule has 0 spiro atoms. The van der Waals surface area contributed by atoms with Crippen LogP contribution in [0.15, 0.2) is 179 Å². The lowest BCUT2D eigenvalue weighted by molar-refractivity contribution is -0.166. The summed E-state index contributed by atoms with van der Waals surface area (Å²) in [5.41, 5.74) is -11.0. The number of ketones is 2. The summed E-state index contributed by atoms with van der Waals surface area (Å²) in [6.07, 6.45) is 0. The first-order valence-electron chi connectivity index (χ1n) is 28.0. The summed E-state index contributed by atoms with van der Waals surface area (Å²) >= 11 is 1.25. The zero-order valence-electron chi connectivity index (χ0n) is 47.8. The molecule has 0 atom stereocenters. The van der Waals surface area contributed by atoms with Crippen molar-refractivity contribution in [3.8, 4) is 45.2 Å². The molecule has 0 aliphatic heterocycles. The highest BCUT2D eigenvalue weighted by atomic mass is 32.1. The summed E-state index contributed by atoms with van der Waals surface area (Å²) < 4.78 is 84.3. The number of carbonyl (C=O) groups excluding carboxylic acids is 6. The Bertz CT molecular complexity index is 4690. The maximum atomic E-state index is 15.9. The molecule has 7 aromatic carbocycles. The first kappa shape index (κ1) is 60.4. The molecular formula is C70H34F4N8O10S2. The van der Waals surface area contributed by atoms with Crippen LogP contribution in [0, 0.1) is 68.6 Å². The van der Waals surface area contributed by atoms with Crippen LogP contribution in [0.5, 0.6) is 0 Å². The third kappa shape index (κ3) is 9.81. The van der Waals surface area contributed by atoms with E-state index < -0.39 is 162 Å². The zero-order chi connectivity index (χ0) is 65.7. The number of rotatable bonds is 14. The Labute approximate surface area is 536 Å². The first-order valence-corrected chi connectivity index (χ1v) is 29.6.